The molecule has 25 heavy (non-hydrogen) atoms. The summed E-state index contributed by atoms with van der Waals surface area (Å²) in [6.07, 6.45) is 1.32. The lowest BCUT2D eigenvalue weighted by Crippen LogP contribution is -2.44. The van der Waals surface area contributed by atoms with Gasteiger partial charge in [-0.1, -0.05) is 0 Å². The predicted molar refractivity (Wildman–Crippen MR) is 84.7 cm³/mol. The van der Waals surface area contributed by atoms with Gasteiger partial charge in [-0.05, 0) is 31.9 Å². The van der Waals surface area contributed by atoms with E-state index in [0.29, 0.717) is 26.1 Å². The zero-order valence-corrected chi connectivity index (χ0v) is 14.0. The van der Waals surface area contributed by atoms with Crippen molar-refractivity contribution in [3.05, 3.63) is 29.1 Å². The zero-order chi connectivity index (χ0) is 18.0. The molecule has 136 valence electrons. The number of fused-ring (bicyclic) bond motifs is 1. The first-order chi connectivity index (χ1) is 12.0. The van der Waals surface area contributed by atoms with Crippen molar-refractivity contribution in [2.45, 2.75) is 32.4 Å². The largest absolute Gasteiger partial charge is 0.491 e. The number of hydrogen-bond donors (Lipinski definition) is 2. The maximum atomic E-state index is 14.5. The topological polar surface area (TPSA) is 88.1 Å². The number of nitrogens with zero attached hydrogens (tertiary/aromatic N) is 1. The van der Waals surface area contributed by atoms with Crippen LogP contribution in [0.1, 0.15) is 35.7 Å². The molecule has 2 amide bonds. The highest BCUT2D eigenvalue weighted by molar-refractivity contribution is 5.94. The van der Waals surface area contributed by atoms with Gasteiger partial charge in [0.2, 0.25) is 5.91 Å². The van der Waals surface area contributed by atoms with Gasteiger partial charge in [-0.15, -0.1) is 0 Å². The third kappa shape index (κ3) is 3.59. The maximum Gasteiger partial charge on any atom is 0.274 e. The molecular formula is C17H21FN2O5. The molecule has 8 heteroatoms. The van der Waals surface area contributed by atoms with Crippen LogP contribution >= 0.6 is 0 Å². The molecule has 0 radical (unpaired) electrons. The molecule has 3 rings (SSSR count). The number of halogens is 1. The molecule has 1 aromatic rings. The fraction of sp³-hybridized carbons (Fsp3) is 0.529. The van der Waals surface area contributed by atoms with Crippen LogP contribution in [0.2, 0.25) is 0 Å². The first-order valence-electron chi connectivity index (χ1n) is 8.29. The van der Waals surface area contributed by atoms with Crippen LogP contribution in [0.15, 0.2) is 12.1 Å². The second kappa shape index (κ2) is 7.37. The van der Waals surface area contributed by atoms with Gasteiger partial charge in [0.25, 0.3) is 5.91 Å². The van der Waals surface area contributed by atoms with Gasteiger partial charge < -0.3 is 14.4 Å². The van der Waals surface area contributed by atoms with Gasteiger partial charge in [0.05, 0.1) is 12.6 Å². The van der Waals surface area contributed by atoms with Crippen LogP contribution in [-0.2, 0) is 16.1 Å². The quantitative estimate of drug-likeness (QED) is 0.622. The van der Waals surface area contributed by atoms with E-state index in [1.807, 2.05) is 6.92 Å². The van der Waals surface area contributed by atoms with E-state index < -0.39 is 11.7 Å². The third-order valence-electron chi connectivity index (χ3n) is 4.71. The van der Waals surface area contributed by atoms with Gasteiger partial charge in [-0.3, -0.25) is 14.8 Å². The molecule has 2 heterocycles. The Balaban J connectivity index is 1.87. The van der Waals surface area contributed by atoms with Crippen molar-refractivity contribution in [3.8, 4) is 5.75 Å². The Hall–Kier alpha value is -2.19. The second-order valence-electron chi connectivity index (χ2n) is 6.39. The van der Waals surface area contributed by atoms with E-state index in [1.165, 1.54) is 11.5 Å². The number of hydroxylamine groups is 1. The number of nitrogens with one attached hydrogen (secondary N) is 1. The van der Waals surface area contributed by atoms with Gasteiger partial charge in [0.1, 0.15) is 18.2 Å². The number of rotatable bonds is 2. The van der Waals surface area contributed by atoms with Crippen molar-refractivity contribution in [2.24, 2.45) is 5.92 Å². The highest BCUT2D eigenvalue weighted by Crippen LogP contribution is 2.31. The Bertz CT molecular complexity index is 675. The average Bonchev–Trinajstić information content (AvgIpc) is 2.80. The number of hydrogen-bond acceptors (Lipinski definition) is 5. The van der Waals surface area contributed by atoms with Crippen molar-refractivity contribution in [1.82, 2.24) is 10.4 Å². The number of amides is 2. The molecular weight excluding hydrogens is 331 g/mol. The summed E-state index contributed by atoms with van der Waals surface area (Å²) in [5.74, 6) is -1.40. The Kier molecular flexibility index (Phi) is 5.19. The van der Waals surface area contributed by atoms with E-state index in [-0.39, 0.29) is 47.9 Å². The van der Waals surface area contributed by atoms with Crippen LogP contribution in [0.25, 0.3) is 0 Å². The normalized spacial score (nSPS) is 21.1. The van der Waals surface area contributed by atoms with Crippen molar-refractivity contribution in [3.63, 3.8) is 0 Å². The van der Waals surface area contributed by atoms with Crippen LogP contribution in [0.5, 0.6) is 5.75 Å². The molecule has 0 spiro atoms. The molecule has 2 aliphatic heterocycles. The molecule has 0 saturated carbocycles. The summed E-state index contributed by atoms with van der Waals surface area (Å²) >= 11 is 0. The standard InChI is InChI=1S/C17H21FN2O5/c1-10-9-25-15-7-12(16(21)19-23)6-14(18)13(15)8-20(10)17(22)11-2-4-24-5-3-11/h6-7,10-11,23H,2-5,8-9H2,1H3,(H,19,21). The van der Waals surface area contributed by atoms with Gasteiger partial charge in [0, 0.05) is 30.3 Å². The number of carbonyl (C=O) groups is 2. The van der Waals surface area contributed by atoms with Crippen LogP contribution in [0.3, 0.4) is 0 Å². The summed E-state index contributed by atoms with van der Waals surface area (Å²) in [6, 6.07) is 2.18. The number of carbonyl (C=O) groups excluding carboxylic acids is 2. The summed E-state index contributed by atoms with van der Waals surface area (Å²) in [6.45, 7) is 3.24. The van der Waals surface area contributed by atoms with E-state index in [4.69, 9.17) is 14.7 Å². The summed E-state index contributed by atoms with van der Waals surface area (Å²) in [5.41, 5.74) is 1.66. The molecule has 0 aliphatic carbocycles. The minimum atomic E-state index is -0.822. The molecule has 7 nitrogen and oxygen atoms in total. The lowest BCUT2D eigenvalue weighted by molar-refractivity contribution is -0.141. The zero-order valence-electron chi connectivity index (χ0n) is 14.0. The fourth-order valence-corrected chi connectivity index (χ4v) is 3.19. The molecule has 1 unspecified atom stereocenters. The van der Waals surface area contributed by atoms with Crippen LogP contribution in [-0.4, -0.2) is 47.8 Å². The maximum absolute atomic E-state index is 14.5. The molecule has 1 atom stereocenters. The SMILES string of the molecule is CC1COc2cc(C(=O)NO)cc(F)c2CN1C(=O)C1CCOCC1. The third-order valence-corrected chi connectivity index (χ3v) is 4.71. The Morgan fingerprint density at radius 2 is 2.04 bits per heavy atom. The molecule has 2 aliphatic rings. The average molecular weight is 352 g/mol. The van der Waals surface area contributed by atoms with E-state index in [9.17, 15) is 14.0 Å². The minimum Gasteiger partial charge on any atom is -0.491 e. The highest BCUT2D eigenvalue weighted by atomic mass is 19.1. The Morgan fingerprint density at radius 1 is 1.32 bits per heavy atom. The van der Waals surface area contributed by atoms with Gasteiger partial charge >= 0.3 is 0 Å². The monoisotopic (exact) mass is 352 g/mol. The van der Waals surface area contributed by atoms with Gasteiger partial charge in [-0.25, -0.2) is 9.87 Å². The molecule has 0 bridgehead atoms. The fourth-order valence-electron chi connectivity index (χ4n) is 3.19. The van der Waals surface area contributed by atoms with Crippen molar-refractivity contribution in [1.29, 1.82) is 0 Å². The molecule has 1 saturated heterocycles. The Labute approximate surface area is 144 Å². The van der Waals surface area contributed by atoms with Crippen molar-refractivity contribution >= 4 is 11.8 Å². The Morgan fingerprint density at radius 3 is 2.72 bits per heavy atom. The van der Waals surface area contributed by atoms with Crippen LogP contribution in [0, 0.1) is 11.7 Å². The van der Waals surface area contributed by atoms with E-state index in [0.717, 1.165) is 6.07 Å². The van der Waals surface area contributed by atoms with Crippen LogP contribution < -0.4 is 10.2 Å². The highest BCUT2D eigenvalue weighted by Gasteiger charge is 2.33. The van der Waals surface area contributed by atoms with Crippen molar-refractivity contribution < 1.29 is 28.7 Å². The molecule has 2 N–H and O–H groups in total. The summed E-state index contributed by atoms with van der Waals surface area (Å²) in [7, 11) is 0. The van der Waals surface area contributed by atoms with Crippen molar-refractivity contribution in [2.75, 3.05) is 19.8 Å². The number of benzene rings is 1. The lowest BCUT2D eigenvalue weighted by atomic mass is 9.97. The summed E-state index contributed by atoms with van der Waals surface area (Å²) in [4.78, 5) is 26.0. The molecule has 1 fully saturated rings. The van der Waals surface area contributed by atoms with Gasteiger partial charge in [0.15, 0.2) is 0 Å². The number of ether oxygens (including phenoxy) is 2. The first kappa shape index (κ1) is 17.6. The van der Waals surface area contributed by atoms with Crippen LogP contribution in [0.4, 0.5) is 4.39 Å². The summed E-state index contributed by atoms with van der Waals surface area (Å²) < 4.78 is 25.4. The second-order valence-corrected chi connectivity index (χ2v) is 6.39. The first-order valence-corrected chi connectivity index (χ1v) is 8.29. The minimum absolute atomic E-state index is 0.0242. The predicted octanol–water partition coefficient (Wildman–Crippen LogP) is 1.48. The van der Waals surface area contributed by atoms with E-state index >= 15 is 0 Å². The molecule has 1 aromatic carbocycles. The smallest absolute Gasteiger partial charge is 0.274 e. The van der Waals surface area contributed by atoms with E-state index in [1.54, 1.807) is 4.90 Å². The van der Waals surface area contributed by atoms with E-state index in [2.05, 4.69) is 0 Å². The lowest BCUT2D eigenvalue weighted by Gasteiger charge is -2.32. The molecule has 0 aromatic heterocycles. The van der Waals surface area contributed by atoms with Gasteiger partial charge in [-0.2, -0.15) is 0 Å². The summed E-state index contributed by atoms with van der Waals surface area (Å²) in [5, 5.41) is 8.71.